The summed E-state index contributed by atoms with van der Waals surface area (Å²) >= 11 is 3.28. The number of barbiturate groups is 1. The van der Waals surface area contributed by atoms with E-state index in [2.05, 4.69) is 21.2 Å². The third-order valence-corrected chi connectivity index (χ3v) is 3.57. The minimum absolute atomic E-state index is 0.135. The third kappa shape index (κ3) is 2.58. The van der Waals surface area contributed by atoms with Crippen molar-refractivity contribution in [2.24, 2.45) is 0 Å². The van der Waals surface area contributed by atoms with Crippen LogP contribution in [0.3, 0.4) is 0 Å². The number of anilines is 1. The maximum atomic E-state index is 12.5. The number of amides is 4. The van der Waals surface area contributed by atoms with E-state index in [1.807, 2.05) is 0 Å². The number of carbonyl (C=O) groups is 3. The number of imide groups is 2. The van der Waals surface area contributed by atoms with Crippen LogP contribution in [0, 0.1) is 0 Å². The molecule has 1 fully saturated rings. The molecule has 0 spiro atoms. The first-order valence-electron chi connectivity index (χ1n) is 6.25. The molecule has 7 heteroatoms. The summed E-state index contributed by atoms with van der Waals surface area (Å²) in [6, 6.07) is 7.44. The molecule has 2 aromatic rings. The SMILES string of the molecule is O=C1NC(=O)N(c2ccc(Br)cc2)C(=O)/C1=C/c1ccoc1. The van der Waals surface area contributed by atoms with E-state index in [0.717, 1.165) is 9.37 Å². The average Bonchev–Trinajstić information content (AvgIpc) is 2.98. The van der Waals surface area contributed by atoms with Gasteiger partial charge in [-0.25, -0.2) is 9.69 Å². The van der Waals surface area contributed by atoms with Crippen molar-refractivity contribution < 1.29 is 18.8 Å². The number of rotatable bonds is 2. The van der Waals surface area contributed by atoms with E-state index in [1.165, 1.54) is 18.6 Å². The molecule has 1 saturated heterocycles. The number of hydrogen-bond acceptors (Lipinski definition) is 4. The fourth-order valence-corrected chi connectivity index (χ4v) is 2.27. The Labute approximate surface area is 133 Å². The summed E-state index contributed by atoms with van der Waals surface area (Å²) in [5.74, 6) is -1.41. The Morgan fingerprint density at radius 3 is 2.45 bits per heavy atom. The molecule has 0 bridgehead atoms. The molecule has 2 heterocycles. The summed E-state index contributed by atoms with van der Waals surface area (Å²) in [6.45, 7) is 0. The molecule has 6 nitrogen and oxygen atoms in total. The van der Waals surface area contributed by atoms with Crippen LogP contribution >= 0.6 is 15.9 Å². The maximum absolute atomic E-state index is 12.5. The van der Waals surface area contributed by atoms with Crippen molar-refractivity contribution in [1.29, 1.82) is 0 Å². The molecule has 1 N–H and O–H groups in total. The van der Waals surface area contributed by atoms with Crippen LogP contribution in [0.4, 0.5) is 10.5 Å². The molecule has 1 aliphatic heterocycles. The van der Waals surface area contributed by atoms with Crippen molar-refractivity contribution >= 4 is 45.5 Å². The fraction of sp³-hybridized carbons (Fsp3) is 0. The summed E-state index contributed by atoms with van der Waals surface area (Å²) in [5, 5.41) is 2.15. The highest BCUT2D eigenvalue weighted by atomic mass is 79.9. The van der Waals surface area contributed by atoms with Crippen LogP contribution in [-0.2, 0) is 9.59 Å². The van der Waals surface area contributed by atoms with Crippen LogP contribution in [0.2, 0.25) is 0 Å². The van der Waals surface area contributed by atoms with Gasteiger partial charge in [0.05, 0.1) is 18.2 Å². The van der Waals surface area contributed by atoms with Gasteiger partial charge in [0.25, 0.3) is 11.8 Å². The fourth-order valence-electron chi connectivity index (χ4n) is 2.01. The Kier molecular flexibility index (Phi) is 3.64. The third-order valence-electron chi connectivity index (χ3n) is 3.04. The van der Waals surface area contributed by atoms with Gasteiger partial charge >= 0.3 is 6.03 Å². The van der Waals surface area contributed by atoms with Gasteiger partial charge in [0.2, 0.25) is 0 Å². The predicted octanol–water partition coefficient (Wildman–Crippen LogP) is 2.71. The molecule has 110 valence electrons. The van der Waals surface area contributed by atoms with Crippen molar-refractivity contribution in [2.75, 3.05) is 4.90 Å². The topological polar surface area (TPSA) is 79.6 Å². The lowest BCUT2D eigenvalue weighted by atomic mass is 10.1. The lowest BCUT2D eigenvalue weighted by molar-refractivity contribution is -0.122. The summed E-state index contributed by atoms with van der Waals surface area (Å²) in [6.07, 6.45) is 4.20. The molecule has 4 amide bonds. The van der Waals surface area contributed by atoms with Crippen molar-refractivity contribution in [2.45, 2.75) is 0 Å². The van der Waals surface area contributed by atoms with Gasteiger partial charge in [-0.3, -0.25) is 14.9 Å². The van der Waals surface area contributed by atoms with E-state index in [9.17, 15) is 14.4 Å². The largest absolute Gasteiger partial charge is 0.472 e. The summed E-state index contributed by atoms with van der Waals surface area (Å²) < 4.78 is 5.71. The Hall–Kier alpha value is -2.67. The van der Waals surface area contributed by atoms with Crippen LogP contribution in [0.15, 0.2) is 57.3 Å². The molecule has 1 aliphatic rings. The zero-order chi connectivity index (χ0) is 15.7. The van der Waals surface area contributed by atoms with E-state index in [4.69, 9.17) is 4.42 Å². The lowest BCUT2D eigenvalue weighted by Crippen LogP contribution is -2.54. The van der Waals surface area contributed by atoms with Gasteiger partial charge in [-0.05, 0) is 36.4 Å². The number of urea groups is 1. The zero-order valence-electron chi connectivity index (χ0n) is 11.1. The number of nitrogens with one attached hydrogen (secondary N) is 1. The van der Waals surface area contributed by atoms with Crippen molar-refractivity contribution in [1.82, 2.24) is 5.32 Å². The second kappa shape index (κ2) is 5.61. The van der Waals surface area contributed by atoms with Crippen molar-refractivity contribution in [3.8, 4) is 0 Å². The monoisotopic (exact) mass is 360 g/mol. The molecule has 0 atom stereocenters. The number of hydrogen-bond donors (Lipinski definition) is 1. The average molecular weight is 361 g/mol. The van der Waals surface area contributed by atoms with Gasteiger partial charge in [0.15, 0.2) is 0 Å². The molecule has 0 radical (unpaired) electrons. The predicted molar refractivity (Wildman–Crippen MR) is 81.9 cm³/mol. The Morgan fingerprint density at radius 1 is 1.09 bits per heavy atom. The molecule has 1 aromatic heterocycles. The second-order valence-corrected chi connectivity index (χ2v) is 5.41. The van der Waals surface area contributed by atoms with Crippen molar-refractivity contribution in [3.05, 3.63) is 58.5 Å². The van der Waals surface area contributed by atoms with Gasteiger partial charge in [-0.2, -0.15) is 0 Å². The quantitative estimate of drug-likeness (QED) is 0.659. The van der Waals surface area contributed by atoms with Crippen LogP contribution in [0.1, 0.15) is 5.56 Å². The molecule has 1 aromatic carbocycles. The van der Waals surface area contributed by atoms with E-state index < -0.39 is 17.8 Å². The first-order chi connectivity index (χ1) is 10.6. The van der Waals surface area contributed by atoms with E-state index in [1.54, 1.807) is 30.3 Å². The van der Waals surface area contributed by atoms with Gasteiger partial charge in [-0.15, -0.1) is 0 Å². The van der Waals surface area contributed by atoms with E-state index in [0.29, 0.717) is 11.3 Å². The number of halogens is 1. The Balaban J connectivity index is 2.01. The molecule has 0 aliphatic carbocycles. The highest BCUT2D eigenvalue weighted by molar-refractivity contribution is 9.10. The number of carbonyl (C=O) groups excluding carboxylic acids is 3. The van der Waals surface area contributed by atoms with Crippen LogP contribution in [-0.4, -0.2) is 17.8 Å². The molecule has 3 rings (SSSR count). The molecule has 0 saturated carbocycles. The second-order valence-electron chi connectivity index (χ2n) is 4.49. The molecular weight excluding hydrogens is 352 g/mol. The normalized spacial score (nSPS) is 17.0. The van der Waals surface area contributed by atoms with Crippen molar-refractivity contribution in [3.63, 3.8) is 0 Å². The number of benzene rings is 1. The first kappa shape index (κ1) is 14.3. The van der Waals surface area contributed by atoms with Crippen LogP contribution < -0.4 is 10.2 Å². The van der Waals surface area contributed by atoms with E-state index in [-0.39, 0.29) is 5.57 Å². The summed E-state index contributed by atoms with van der Waals surface area (Å²) in [7, 11) is 0. The summed E-state index contributed by atoms with van der Waals surface area (Å²) in [5.41, 5.74) is 0.795. The van der Waals surface area contributed by atoms with E-state index >= 15 is 0 Å². The van der Waals surface area contributed by atoms with Gasteiger partial charge in [0.1, 0.15) is 5.57 Å². The Bertz CT molecular complexity index is 778. The summed E-state index contributed by atoms with van der Waals surface area (Å²) in [4.78, 5) is 37.3. The highest BCUT2D eigenvalue weighted by Crippen LogP contribution is 2.23. The Morgan fingerprint density at radius 2 is 1.82 bits per heavy atom. The number of nitrogens with zero attached hydrogens (tertiary/aromatic N) is 1. The lowest BCUT2D eigenvalue weighted by Gasteiger charge is -2.26. The minimum Gasteiger partial charge on any atom is -0.472 e. The smallest absolute Gasteiger partial charge is 0.335 e. The van der Waals surface area contributed by atoms with Gasteiger partial charge in [-0.1, -0.05) is 15.9 Å². The maximum Gasteiger partial charge on any atom is 0.335 e. The van der Waals surface area contributed by atoms with Crippen LogP contribution in [0.25, 0.3) is 6.08 Å². The van der Waals surface area contributed by atoms with Crippen LogP contribution in [0.5, 0.6) is 0 Å². The minimum atomic E-state index is -0.776. The van der Waals surface area contributed by atoms with Gasteiger partial charge < -0.3 is 4.42 Å². The zero-order valence-corrected chi connectivity index (χ0v) is 12.7. The van der Waals surface area contributed by atoms with Gasteiger partial charge in [0, 0.05) is 10.0 Å². The molecule has 22 heavy (non-hydrogen) atoms. The first-order valence-corrected chi connectivity index (χ1v) is 7.05. The standard InChI is InChI=1S/C15H9BrN2O4/c16-10-1-3-11(4-2-10)18-14(20)12(13(19)17-15(18)21)7-9-5-6-22-8-9/h1-8H,(H,17,19,21)/b12-7+. The highest BCUT2D eigenvalue weighted by Gasteiger charge is 2.36. The molecule has 0 unspecified atom stereocenters. The molecular formula is C15H9BrN2O4. The number of furan rings is 1.